The highest BCUT2D eigenvalue weighted by Crippen LogP contribution is 2.27. The first-order valence-corrected chi connectivity index (χ1v) is 11.3. The number of nitrogens with zero attached hydrogens (tertiary/aromatic N) is 2. The van der Waals surface area contributed by atoms with Gasteiger partial charge in [-0.25, -0.2) is 8.42 Å². The van der Waals surface area contributed by atoms with Gasteiger partial charge in [-0.15, -0.1) is 0 Å². The first kappa shape index (κ1) is 23.9. The van der Waals surface area contributed by atoms with Crippen molar-refractivity contribution < 1.29 is 22.9 Å². The van der Waals surface area contributed by atoms with E-state index in [1.807, 2.05) is 0 Å². The molecule has 0 spiro atoms. The molecule has 0 fully saturated rings. The molecule has 3 aromatic rings. The number of methoxy groups -OCH3 is 1. The second-order valence-corrected chi connectivity index (χ2v) is 9.31. The van der Waals surface area contributed by atoms with Gasteiger partial charge in [0.15, 0.2) is 0 Å². The van der Waals surface area contributed by atoms with Gasteiger partial charge >= 0.3 is 0 Å². The van der Waals surface area contributed by atoms with Crippen LogP contribution in [0.4, 0.5) is 11.4 Å². The summed E-state index contributed by atoms with van der Waals surface area (Å²) in [5.74, 6) is -0.0655. The molecule has 0 aliphatic rings. The lowest BCUT2D eigenvalue weighted by molar-refractivity contribution is -0.385. The Bertz CT molecular complexity index is 1290. The summed E-state index contributed by atoms with van der Waals surface area (Å²) in [4.78, 5) is 23.6. The molecule has 0 aliphatic carbocycles. The second-order valence-electron chi connectivity index (χ2n) is 7.26. The molecule has 172 valence electrons. The molecule has 0 unspecified atom stereocenters. The number of rotatable bonds is 8. The van der Waals surface area contributed by atoms with Crippen LogP contribution in [-0.2, 0) is 16.6 Å². The Morgan fingerprint density at radius 2 is 1.79 bits per heavy atom. The Hall–Kier alpha value is -3.76. The molecule has 0 saturated carbocycles. The number of nitro groups is 1. The average Bonchev–Trinajstić information content (AvgIpc) is 2.80. The zero-order chi connectivity index (χ0) is 24.2. The molecule has 1 amide bonds. The van der Waals surface area contributed by atoms with Crippen molar-refractivity contribution in [3.05, 3.63) is 93.5 Å². The predicted molar refractivity (Wildman–Crippen MR) is 124 cm³/mol. The fraction of sp³-hybridized carbons (Fsp3) is 0.174. The number of benzene rings is 3. The summed E-state index contributed by atoms with van der Waals surface area (Å²) in [5, 5.41) is 13.8. The molecule has 0 aliphatic heterocycles. The Kier molecular flexibility index (Phi) is 7.10. The molecule has 0 bridgehead atoms. The summed E-state index contributed by atoms with van der Waals surface area (Å²) in [6, 6.07) is 17.1. The van der Waals surface area contributed by atoms with E-state index in [0.717, 1.165) is 0 Å². The van der Waals surface area contributed by atoms with Crippen molar-refractivity contribution in [2.24, 2.45) is 0 Å². The van der Waals surface area contributed by atoms with Crippen LogP contribution < -0.4 is 10.1 Å². The highest BCUT2D eigenvalue weighted by atomic mass is 32.2. The quantitative estimate of drug-likeness (QED) is 0.394. The van der Waals surface area contributed by atoms with Crippen molar-refractivity contribution in [2.45, 2.75) is 18.4 Å². The monoisotopic (exact) mass is 469 g/mol. The van der Waals surface area contributed by atoms with Gasteiger partial charge in [-0.2, -0.15) is 4.31 Å². The van der Waals surface area contributed by atoms with Gasteiger partial charge in [0.1, 0.15) is 5.75 Å². The van der Waals surface area contributed by atoms with Gasteiger partial charge in [-0.3, -0.25) is 14.9 Å². The van der Waals surface area contributed by atoms with Crippen LogP contribution in [0, 0.1) is 17.0 Å². The summed E-state index contributed by atoms with van der Waals surface area (Å²) in [7, 11) is -0.848. The van der Waals surface area contributed by atoms with Crippen LogP contribution in [0.3, 0.4) is 0 Å². The minimum absolute atomic E-state index is 0.0304. The van der Waals surface area contributed by atoms with E-state index in [4.69, 9.17) is 4.74 Å². The number of nitro benzene ring substituents is 1. The summed E-state index contributed by atoms with van der Waals surface area (Å²) in [5.41, 5.74) is 1.29. The van der Waals surface area contributed by atoms with Gasteiger partial charge in [0.2, 0.25) is 10.0 Å². The molecule has 0 aromatic heterocycles. The van der Waals surface area contributed by atoms with E-state index in [2.05, 4.69) is 5.32 Å². The van der Waals surface area contributed by atoms with Crippen LogP contribution in [0.5, 0.6) is 5.75 Å². The minimum atomic E-state index is -3.75. The van der Waals surface area contributed by atoms with Crippen molar-refractivity contribution in [1.82, 2.24) is 4.31 Å². The molecular formula is C23H23N3O6S. The molecule has 0 atom stereocenters. The van der Waals surface area contributed by atoms with Crippen LogP contribution in [0.2, 0.25) is 0 Å². The lowest BCUT2D eigenvalue weighted by Crippen LogP contribution is -2.27. The predicted octanol–water partition coefficient (Wildman–Crippen LogP) is 3.98. The number of carbonyl (C=O) groups is 1. The Labute approximate surface area is 191 Å². The highest BCUT2D eigenvalue weighted by molar-refractivity contribution is 7.89. The van der Waals surface area contributed by atoms with Crippen LogP contribution in [0.15, 0.2) is 71.6 Å². The van der Waals surface area contributed by atoms with Gasteiger partial charge in [-0.05, 0) is 43.3 Å². The number of hydrogen-bond donors (Lipinski definition) is 1. The number of hydrogen-bond acceptors (Lipinski definition) is 6. The summed E-state index contributed by atoms with van der Waals surface area (Å²) in [6.07, 6.45) is 0. The maximum absolute atomic E-state index is 12.9. The zero-order valence-corrected chi connectivity index (χ0v) is 19.1. The third-order valence-electron chi connectivity index (χ3n) is 5.14. The van der Waals surface area contributed by atoms with Crippen LogP contribution in [-0.4, -0.2) is 37.7 Å². The smallest absolute Gasteiger partial charge is 0.274 e. The fourth-order valence-electron chi connectivity index (χ4n) is 3.29. The molecule has 10 heteroatoms. The molecule has 9 nitrogen and oxygen atoms in total. The van der Waals surface area contributed by atoms with Crippen molar-refractivity contribution in [2.75, 3.05) is 19.5 Å². The number of nitrogens with one attached hydrogen (secondary N) is 1. The van der Waals surface area contributed by atoms with Gasteiger partial charge < -0.3 is 10.1 Å². The minimum Gasteiger partial charge on any atom is -0.496 e. The molecule has 0 radical (unpaired) electrons. The van der Waals surface area contributed by atoms with E-state index in [9.17, 15) is 23.3 Å². The van der Waals surface area contributed by atoms with Gasteiger partial charge in [0, 0.05) is 30.8 Å². The molecular weight excluding hydrogens is 446 g/mol. The SMILES string of the molecule is COc1ccc(C(=O)Nc2cccc([N+](=O)[O-])c2C)cc1CN(C)S(=O)(=O)c1ccccc1. The van der Waals surface area contributed by atoms with Crippen LogP contribution >= 0.6 is 0 Å². The van der Waals surface area contributed by atoms with Gasteiger partial charge in [0.25, 0.3) is 11.6 Å². The van der Waals surface area contributed by atoms with E-state index in [-0.39, 0.29) is 22.7 Å². The van der Waals surface area contributed by atoms with Crippen molar-refractivity contribution in [3.63, 3.8) is 0 Å². The molecule has 3 rings (SSSR count). The van der Waals surface area contributed by atoms with Crippen LogP contribution in [0.1, 0.15) is 21.5 Å². The second kappa shape index (κ2) is 9.80. The molecule has 33 heavy (non-hydrogen) atoms. The standard InChI is InChI=1S/C23H23N3O6S/c1-16-20(10-7-11-21(16)26(28)29)24-23(27)17-12-13-22(32-3)18(14-17)15-25(2)33(30,31)19-8-5-4-6-9-19/h4-14H,15H2,1-3H3,(H,24,27). The highest BCUT2D eigenvalue weighted by Gasteiger charge is 2.23. The summed E-state index contributed by atoms with van der Waals surface area (Å²) in [6.45, 7) is 1.52. The Balaban J connectivity index is 1.87. The first-order valence-electron chi connectivity index (χ1n) is 9.89. The van der Waals surface area contributed by atoms with E-state index in [0.29, 0.717) is 22.6 Å². The number of carbonyl (C=O) groups excluding carboxylic acids is 1. The van der Waals surface area contributed by atoms with Crippen LogP contribution in [0.25, 0.3) is 0 Å². The molecule has 1 N–H and O–H groups in total. The lowest BCUT2D eigenvalue weighted by atomic mass is 10.1. The first-order chi connectivity index (χ1) is 15.6. The zero-order valence-electron chi connectivity index (χ0n) is 18.3. The third kappa shape index (κ3) is 5.18. The Morgan fingerprint density at radius 3 is 2.42 bits per heavy atom. The number of amides is 1. The molecule has 0 heterocycles. The summed E-state index contributed by atoms with van der Waals surface area (Å²) >= 11 is 0. The van der Waals surface area contributed by atoms with E-state index >= 15 is 0 Å². The third-order valence-corrected chi connectivity index (χ3v) is 6.95. The fourth-order valence-corrected chi connectivity index (χ4v) is 4.46. The van der Waals surface area contributed by atoms with E-state index in [1.54, 1.807) is 37.3 Å². The average molecular weight is 470 g/mol. The number of sulfonamides is 1. The maximum Gasteiger partial charge on any atom is 0.274 e. The van der Waals surface area contributed by atoms with E-state index in [1.165, 1.54) is 54.9 Å². The van der Waals surface area contributed by atoms with E-state index < -0.39 is 20.9 Å². The van der Waals surface area contributed by atoms with Gasteiger partial charge in [0.05, 0.1) is 28.2 Å². The molecule has 0 saturated heterocycles. The van der Waals surface area contributed by atoms with Crippen molar-refractivity contribution in [1.29, 1.82) is 0 Å². The Morgan fingerprint density at radius 1 is 1.09 bits per heavy atom. The maximum atomic E-state index is 12.9. The number of ether oxygens (including phenoxy) is 1. The lowest BCUT2D eigenvalue weighted by Gasteiger charge is -2.19. The molecule has 3 aromatic carbocycles. The normalized spacial score (nSPS) is 11.3. The van der Waals surface area contributed by atoms with Gasteiger partial charge in [-0.1, -0.05) is 24.3 Å². The largest absolute Gasteiger partial charge is 0.496 e. The summed E-state index contributed by atoms with van der Waals surface area (Å²) < 4.78 is 32.3. The van der Waals surface area contributed by atoms with Crippen molar-refractivity contribution in [3.8, 4) is 5.75 Å². The van der Waals surface area contributed by atoms with Crippen molar-refractivity contribution >= 4 is 27.3 Å². The topological polar surface area (TPSA) is 119 Å². The number of anilines is 1.